The minimum Gasteiger partial charge on any atom is -0.465 e. The van der Waals surface area contributed by atoms with E-state index in [1.54, 1.807) is 4.90 Å². The van der Waals surface area contributed by atoms with Gasteiger partial charge in [-0.25, -0.2) is 4.79 Å². The summed E-state index contributed by atoms with van der Waals surface area (Å²) in [5.74, 6) is 0.966. The third kappa shape index (κ3) is 6.86. The summed E-state index contributed by atoms with van der Waals surface area (Å²) in [6.07, 6.45) is 5.96. The molecule has 194 valence electrons. The Morgan fingerprint density at radius 1 is 0.941 bits per heavy atom. The zero-order chi connectivity index (χ0) is 24.8. The van der Waals surface area contributed by atoms with E-state index in [-0.39, 0.29) is 36.7 Å². The molecule has 1 unspecified atom stereocenters. The van der Waals surface area contributed by atoms with E-state index in [1.165, 1.54) is 43.8 Å². The smallest absolute Gasteiger partial charge is 0.408 e. The van der Waals surface area contributed by atoms with Crippen molar-refractivity contribution in [3.8, 4) is 0 Å². The van der Waals surface area contributed by atoms with Crippen LogP contribution in [0.2, 0.25) is 0 Å². The van der Waals surface area contributed by atoms with Gasteiger partial charge in [0.25, 0.3) is 0 Å². The topological polar surface area (TPSA) is 84.4 Å². The Hall–Kier alpha value is -1.83. The van der Waals surface area contributed by atoms with Gasteiger partial charge < -0.3 is 19.8 Å². The molecule has 0 aromatic rings. The highest BCUT2D eigenvalue weighted by Crippen LogP contribution is 2.27. The average molecular weight is 479 g/mol. The van der Waals surface area contributed by atoms with Crippen molar-refractivity contribution < 1.29 is 19.5 Å². The summed E-state index contributed by atoms with van der Waals surface area (Å²) in [6.45, 7) is 13.9. The first kappa shape index (κ1) is 26.8. The summed E-state index contributed by atoms with van der Waals surface area (Å²) in [5.41, 5.74) is 0. The molecule has 0 saturated carbocycles. The molecule has 0 aromatic carbocycles. The van der Waals surface area contributed by atoms with Crippen molar-refractivity contribution in [1.82, 2.24) is 19.6 Å². The first-order valence-electron chi connectivity index (χ1n) is 13.5. The highest BCUT2D eigenvalue weighted by molar-refractivity contribution is 5.92. The highest BCUT2D eigenvalue weighted by Gasteiger charge is 2.43. The molecular formula is C26H46N4O4. The zero-order valence-electron chi connectivity index (χ0n) is 21.7. The second-order valence-corrected chi connectivity index (χ2v) is 11.4. The van der Waals surface area contributed by atoms with Crippen molar-refractivity contribution in [2.24, 2.45) is 17.8 Å². The van der Waals surface area contributed by atoms with Crippen LogP contribution in [-0.4, -0.2) is 101 Å². The van der Waals surface area contributed by atoms with Gasteiger partial charge in [0.15, 0.2) is 0 Å². The summed E-state index contributed by atoms with van der Waals surface area (Å²) in [4.78, 5) is 46.5. The zero-order valence-corrected chi connectivity index (χ0v) is 21.7. The molecule has 3 amide bonds. The number of carbonyl (C=O) groups is 3. The molecule has 0 spiro atoms. The van der Waals surface area contributed by atoms with Gasteiger partial charge in [-0.1, -0.05) is 27.7 Å². The van der Waals surface area contributed by atoms with Crippen molar-refractivity contribution in [2.75, 3.05) is 45.8 Å². The van der Waals surface area contributed by atoms with Gasteiger partial charge in [-0.3, -0.25) is 14.5 Å². The molecule has 3 aliphatic rings. The lowest BCUT2D eigenvalue weighted by Crippen LogP contribution is -2.64. The number of piperazine rings is 1. The summed E-state index contributed by atoms with van der Waals surface area (Å²) in [6, 6.07) is -1.20. The van der Waals surface area contributed by atoms with E-state index in [9.17, 15) is 19.5 Å². The lowest BCUT2D eigenvalue weighted by atomic mass is 9.91. The first-order valence-corrected chi connectivity index (χ1v) is 13.5. The van der Waals surface area contributed by atoms with Gasteiger partial charge in [-0.2, -0.15) is 0 Å². The van der Waals surface area contributed by atoms with Gasteiger partial charge in [-0.15, -0.1) is 0 Å². The molecule has 0 aromatic heterocycles. The van der Waals surface area contributed by atoms with Crippen LogP contribution in [-0.2, 0) is 9.59 Å². The maximum Gasteiger partial charge on any atom is 0.408 e. The van der Waals surface area contributed by atoms with E-state index in [0.717, 1.165) is 25.9 Å². The van der Waals surface area contributed by atoms with Crippen molar-refractivity contribution >= 4 is 17.9 Å². The van der Waals surface area contributed by atoms with Gasteiger partial charge >= 0.3 is 6.09 Å². The number of likely N-dealkylation sites (tertiary alicyclic amines) is 2. The number of amides is 3. The number of hydrogen-bond donors (Lipinski definition) is 1. The maximum atomic E-state index is 13.7. The molecule has 8 nitrogen and oxygen atoms in total. The Labute approximate surface area is 205 Å². The van der Waals surface area contributed by atoms with Crippen LogP contribution in [0.15, 0.2) is 0 Å². The number of piperidine rings is 1. The summed E-state index contributed by atoms with van der Waals surface area (Å²) < 4.78 is 0. The normalized spacial score (nSPS) is 23.9. The average Bonchev–Trinajstić information content (AvgIpc) is 3.30. The standard InChI is InChI=1S/C26H46N4O4/c1-19(2)17-22(29-15-16-30(26(33)34)23(25(29)32)18-20(3)4)24(31)28-13-8-21(9-14-28)7-12-27-10-5-6-11-27/h19-23H,5-18H2,1-4H3,(H,33,34)/t22?,23-/m0/s1. The quantitative estimate of drug-likeness (QED) is 0.549. The van der Waals surface area contributed by atoms with Gasteiger partial charge in [0.1, 0.15) is 12.1 Å². The van der Waals surface area contributed by atoms with E-state index in [4.69, 9.17) is 0 Å². The van der Waals surface area contributed by atoms with E-state index < -0.39 is 18.2 Å². The number of carboxylic acid groups (broad SMARTS) is 1. The van der Waals surface area contributed by atoms with E-state index in [0.29, 0.717) is 18.8 Å². The highest BCUT2D eigenvalue weighted by atomic mass is 16.4. The molecule has 3 saturated heterocycles. The molecule has 34 heavy (non-hydrogen) atoms. The van der Waals surface area contributed by atoms with Gasteiger partial charge in [0, 0.05) is 26.2 Å². The molecule has 3 heterocycles. The van der Waals surface area contributed by atoms with Crippen LogP contribution < -0.4 is 0 Å². The minimum atomic E-state index is -1.05. The SMILES string of the molecule is CC(C)CC(C(=O)N1CCC(CCN2CCCC2)CC1)N1CCN(C(=O)O)[C@@H](CC(C)C)C1=O. The van der Waals surface area contributed by atoms with E-state index in [1.807, 2.05) is 18.7 Å². The van der Waals surface area contributed by atoms with E-state index >= 15 is 0 Å². The van der Waals surface area contributed by atoms with Crippen molar-refractivity contribution in [3.05, 3.63) is 0 Å². The third-order valence-electron chi connectivity index (χ3n) is 7.80. The van der Waals surface area contributed by atoms with Crippen LogP contribution in [0.1, 0.15) is 72.6 Å². The number of hydrogen-bond acceptors (Lipinski definition) is 4. The Kier molecular flexibility index (Phi) is 9.63. The molecule has 0 aliphatic carbocycles. The maximum absolute atomic E-state index is 13.7. The summed E-state index contributed by atoms with van der Waals surface area (Å²) in [5, 5.41) is 9.64. The molecule has 2 atom stereocenters. The van der Waals surface area contributed by atoms with Crippen LogP contribution in [0.25, 0.3) is 0 Å². The number of nitrogens with zero attached hydrogens (tertiary/aromatic N) is 4. The van der Waals surface area contributed by atoms with Crippen LogP contribution in [0.3, 0.4) is 0 Å². The van der Waals surface area contributed by atoms with Crippen LogP contribution in [0, 0.1) is 17.8 Å². The second-order valence-electron chi connectivity index (χ2n) is 11.4. The monoisotopic (exact) mass is 478 g/mol. The first-order chi connectivity index (χ1) is 16.2. The largest absolute Gasteiger partial charge is 0.465 e. The summed E-state index contributed by atoms with van der Waals surface area (Å²) >= 11 is 0. The summed E-state index contributed by atoms with van der Waals surface area (Å²) in [7, 11) is 0. The molecule has 0 bridgehead atoms. The molecule has 3 rings (SSSR count). The number of carbonyl (C=O) groups excluding carboxylic acids is 2. The molecule has 3 aliphatic heterocycles. The van der Waals surface area contributed by atoms with Crippen molar-refractivity contribution in [1.29, 1.82) is 0 Å². The predicted molar refractivity (Wildman–Crippen MR) is 133 cm³/mol. The molecule has 0 radical (unpaired) electrons. The molecule has 3 fully saturated rings. The van der Waals surface area contributed by atoms with Crippen LogP contribution in [0.5, 0.6) is 0 Å². The lowest BCUT2D eigenvalue weighted by Gasteiger charge is -2.44. The molecule has 8 heteroatoms. The Bertz CT molecular complexity index is 699. The molecular weight excluding hydrogens is 432 g/mol. The Morgan fingerprint density at radius 3 is 2.15 bits per heavy atom. The predicted octanol–water partition coefficient (Wildman–Crippen LogP) is 3.36. The fourth-order valence-electron chi connectivity index (χ4n) is 5.85. The van der Waals surface area contributed by atoms with Crippen LogP contribution in [0.4, 0.5) is 4.79 Å². The Balaban J connectivity index is 1.63. The van der Waals surface area contributed by atoms with Gasteiger partial charge in [0.2, 0.25) is 11.8 Å². The second kappa shape index (κ2) is 12.2. The molecule has 1 N–H and O–H groups in total. The van der Waals surface area contributed by atoms with Crippen molar-refractivity contribution in [3.63, 3.8) is 0 Å². The van der Waals surface area contributed by atoms with Crippen LogP contribution >= 0.6 is 0 Å². The number of rotatable bonds is 9. The van der Waals surface area contributed by atoms with Gasteiger partial charge in [-0.05, 0) is 82.3 Å². The van der Waals surface area contributed by atoms with Crippen molar-refractivity contribution in [2.45, 2.75) is 84.7 Å². The Morgan fingerprint density at radius 2 is 1.59 bits per heavy atom. The fraction of sp³-hybridized carbons (Fsp3) is 0.885. The minimum absolute atomic E-state index is 0.0483. The fourth-order valence-corrected chi connectivity index (χ4v) is 5.85. The van der Waals surface area contributed by atoms with Gasteiger partial charge in [0.05, 0.1) is 0 Å². The lowest BCUT2D eigenvalue weighted by molar-refractivity contribution is -0.154. The third-order valence-corrected chi connectivity index (χ3v) is 7.80. The van der Waals surface area contributed by atoms with E-state index in [2.05, 4.69) is 18.7 Å².